The number of hydrogen-bond donors (Lipinski definition) is 1. The summed E-state index contributed by atoms with van der Waals surface area (Å²) < 4.78 is 5.85. The molecule has 5 rings (SSSR count). The first-order valence-electron chi connectivity index (χ1n) is 13.5. The summed E-state index contributed by atoms with van der Waals surface area (Å²) >= 11 is 0. The van der Waals surface area contributed by atoms with E-state index in [4.69, 9.17) is 9.73 Å². The van der Waals surface area contributed by atoms with Gasteiger partial charge in [-0.3, -0.25) is 4.79 Å². The van der Waals surface area contributed by atoms with Gasteiger partial charge >= 0.3 is 0 Å². The first kappa shape index (κ1) is 22.9. The van der Waals surface area contributed by atoms with Crippen molar-refractivity contribution < 1.29 is 14.6 Å². The van der Waals surface area contributed by atoms with Gasteiger partial charge in [0.05, 0.1) is 11.6 Å². The second kappa shape index (κ2) is 7.82. The zero-order valence-electron chi connectivity index (χ0n) is 21.0. The molecule has 9 atom stereocenters. The lowest BCUT2D eigenvalue weighted by molar-refractivity contribution is -0.162. The van der Waals surface area contributed by atoms with Crippen LogP contribution in [0.15, 0.2) is 4.99 Å². The van der Waals surface area contributed by atoms with Gasteiger partial charge in [-0.1, -0.05) is 20.8 Å². The minimum Gasteiger partial charge on any atom is -0.478 e. The Morgan fingerprint density at radius 2 is 1.88 bits per heavy atom. The lowest BCUT2D eigenvalue weighted by Gasteiger charge is -2.60. The van der Waals surface area contributed by atoms with Crippen molar-refractivity contribution in [3.63, 3.8) is 0 Å². The normalized spacial score (nSPS) is 48.3. The van der Waals surface area contributed by atoms with Crippen LogP contribution in [0.4, 0.5) is 0 Å². The van der Waals surface area contributed by atoms with Crippen LogP contribution in [0, 0.1) is 46.3 Å². The zero-order chi connectivity index (χ0) is 22.9. The van der Waals surface area contributed by atoms with Crippen LogP contribution in [-0.4, -0.2) is 35.0 Å². The number of carbonyl (C=O) groups excluding carboxylic acids is 1. The highest BCUT2D eigenvalue weighted by molar-refractivity contribution is 5.84. The number of nitrogens with zero attached hydrogens (tertiary/aromatic N) is 1. The van der Waals surface area contributed by atoms with Gasteiger partial charge in [-0.05, 0) is 106 Å². The molecule has 5 aliphatic rings. The molecule has 4 nitrogen and oxygen atoms in total. The number of carbonyl (C=O) groups is 1. The van der Waals surface area contributed by atoms with E-state index in [0.717, 1.165) is 44.4 Å². The number of aliphatic hydroxyl groups is 1. The van der Waals surface area contributed by atoms with Crippen molar-refractivity contribution in [2.75, 3.05) is 6.61 Å². The second-order valence-electron chi connectivity index (χ2n) is 13.4. The predicted octanol–water partition coefficient (Wildman–Crippen LogP) is 5.81. The van der Waals surface area contributed by atoms with Gasteiger partial charge in [0.1, 0.15) is 12.4 Å². The van der Waals surface area contributed by atoms with E-state index >= 15 is 0 Å². The Hall–Kier alpha value is -0.900. The van der Waals surface area contributed by atoms with Crippen molar-refractivity contribution in [3.8, 4) is 0 Å². The van der Waals surface area contributed by atoms with Gasteiger partial charge in [0.2, 0.25) is 0 Å². The van der Waals surface area contributed by atoms with E-state index in [-0.39, 0.29) is 28.4 Å². The van der Waals surface area contributed by atoms with Gasteiger partial charge in [-0.25, -0.2) is 4.99 Å². The Labute approximate surface area is 195 Å². The molecule has 0 amide bonds. The van der Waals surface area contributed by atoms with Gasteiger partial charge in [-0.15, -0.1) is 0 Å². The Kier molecular flexibility index (Phi) is 5.59. The van der Waals surface area contributed by atoms with Crippen LogP contribution in [0.25, 0.3) is 0 Å². The molecular formula is C28H45NO3. The van der Waals surface area contributed by atoms with Gasteiger partial charge in [0.15, 0.2) is 5.90 Å². The first-order valence-corrected chi connectivity index (χ1v) is 13.5. The third-order valence-electron chi connectivity index (χ3n) is 10.9. The maximum atomic E-state index is 13.8. The number of rotatable bonds is 4. The highest BCUT2D eigenvalue weighted by Gasteiger charge is 2.63. The number of aliphatic imine (C=N–C) groups is 1. The molecule has 4 heteroatoms. The summed E-state index contributed by atoms with van der Waals surface area (Å²) in [6.45, 7) is 12.3. The van der Waals surface area contributed by atoms with Crippen LogP contribution in [0.5, 0.6) is 0 Å². The van der Waals surface area contributed by atoms with Crippen molar-refractivity contribution >= 4 is 11.7 Å². The minimum atomic E-state index is -0.149. The molecule has 0 radical (unpaired) electrons. The van der Waals surface area contributed by atoms with Crippen LogP contribution in [0.2, 0.25) is 0 Å². The zero-order valence-corrected chi connectivity index (χ0v) is 21.0. The largest absolute Gasteiger partial charge is 0.478 e. The molecule has 1 aliphatic heterocycles. The summed E-state index contributed by atoms with van der Waals surface area (Å²) in [6, 6.07) is 0. The SMILES string of the molecule is C[C@H](CCC1=NC(C)(C)CO1)[C@H]1CC[C@H]2[C@@H]3CC[C@@H]4C[C@H](O)CC[C@]4(C)[C@H]3C(=O)C[C@]12C. The van der Waals surface area contributed by atoms with E-state index < -0.39 is 0 Å². The molecule has 180 valence electrons. The molecule has 0 unspecified atom stereocenters. The summed E-state index contributed by atoms with van der Waals surface area (Å²) in [4.78, 5) is 18.6. The third-order valence-corrected chi connectivity index (χ3v) is 10.9. The van der Waals surface area contributed by atoms with Crippen molar-refractivity contribution in [1.82, 2.24) is 0 Å². The number of Topliss-reactive ketones (excluding diaryl/α,β-unsaturated/α-hetero) is 1. The molecule has 0 saturated heterocycles. The molecule has 4 saturated carbocycles. The molecule has 4 fully saturated rings. The summed E-state index contributed by atoms with van der Waals surface area (Å²) in [6.07, 6.45) is 10.5. The van der Waals surface area contributed by atoms with Crippen molar-refractivity contribution in [2.45, 2.75) is 110 Å². The minimum absolute atomic E-state index is 0.0715. The Bertz CT molecular complexity index is 790. The van der Waals surface area contributed by atoms with Crippen LogP contribution in [0.3, 0.4) is 0 Å². The summed E-state index contributed by atoms with van der Waals surface area (Å²) in [5.41, 5.74) is 0.208. The number of aliphatic hydroxyl groups excluding tert-OH is 1. The number of fused-ring (bicyclic) bond motifs is 5. The van der Waals surface area contributed by atoms with Gasteiger partial charge in [0.25, 0.3) is 0 Å². The predicted molar refractivity (Wildman–Crippen MR) is 127 cm³/mol. The number of hydrogen-bond acceptors (Lipinski definition) is 4. The van der Waals surface area contributed by atoms with E-state index in [1.807, 2.05) is 0 Å². The molecule has 0 bridgehead atoms. The average molecular weight is 444 g/mol. The summed E-state index contributed by atoms with van der Waals surface area (Å²) in [7, 11) is 0. The van der Waals surface area contributed by atoms with E-state index in [9.17, 15) is 9.90 Å². The fourth-order valence-corrected chi connectivity index (χ4v) is 9.36. The molecule has 0 aromatic carbocycles. The van der Waals surface area contributed by atoms with Crippen LogP contribution in [-0.2, 0) is 9.53 Å². The molecule has 4 aliphatic carbocycles. The highest BCUT2D eigenvalue weighted by atomic mass is 16.5. The quantitative estimate of drug-likeness (QED) is 0.596. The molecule has 1 heterocycles. The first-order chi connectivity index (χ1) is 15.0. The Balaban J connectivity index is 1.31. The fraction of sp³-hybridized carbons (Fsp3) is 0.929. The lowest BCUT2D eigenvalue weighted by Crippen LogP contribution is -2.57. The Morgan fingerprint density at radius 3 is 2.59 bits per heavy atom. The van der Waals surface area contributed by atoms with Crippen molar-refractivity contribution in [1.29, 1.82) is 0 Å². The average Bonchev–Trinajstić information content (AvgIpc) is 3.24. The van der Waals surface area contributed by atoms with Gasteiger partial charge < -0.3 is 9.84 Å². The van der Waals surface area contributed by atoms with Gasteiger partial charge in [-0.2, -0.15) is 0 Å². The fourth-order valence-electron chi connectivity index (χ4n) is 9.36. The van der Waals surface area contributed by atoms with Crippen molar-refractivity contribution in [2.24, 2.45) is 51.3 Å². The van der Waals surface area contributed by atoms with Crippen LogP contribution < -0.4 is 0 Å². The number of ketones is 1. The second-order valence-corrected chi connectivity index (χ2v) is 13.4. The highest BCUT2D eigenvalue weighted by Crippen LogP contribution is 2.67. The molecule has 0 aromatic heterocycles. The maximum Gasteiger partial charge on any atom is 0.183 e. The maximum absolute atomic E-state index is 13.8. The van der Waals surface area contributed by atoms with Crippen LogP contribution in [0.1, 0.15) is 98.8 Å². The monoisotopic (exact) mass is 443 g/mol. The topological polar surface area (TPSA) is 58.9 Å². The van der Waals surface area contributed by atoms with Crippen molar-refractivity contribution in [3.05, 3.63) is 0 Å². The van der Waals surface area contributed by atoms with E-state index in [1.54, 1.807) is 0 Å². The molecular weight excluding hydrogens is 398 g/mol. The third kappa shape index (κ3) is 3.58. The summed E-state index contributed by atoms with van der Waals surface area (Å²) in [5, 5.41) is 10.3. The Morgan fingerprint density at radius 1 is 1.09 bits per heavy atom. The summed E-state index contributed by atoms with van der Waals surface area (Å²) in [5.74, 6) is 4.76. The smallest absolute Gasteiger partial charge is 0.183 e. The van der Waals surface area contributed by atoms with Crippen LogP contribution >= 0.6 is 0 Å². The van der Waals surface area contributed by atoms with E-state index in [2.05, 4.69) is 34.6 Å². The standard InChI is InChI=1S/C28H45NO3/c1-17(6-11-24-29-26(2,3)16-32-24)21-9-10-22-20-8-7-18-14-19(30)12-13-27(18,4)25(20)23(31)15-28(21,22)5/h17-22,25,30H,6-16H2,1-5H3/t17-,18-,19-,20+,21-,22+,25-,27+,28-/m1/s1. The number of ether oxygens (including phenoxy) is 1. The van der Waals surface area contributed by atoms with E-state index in [0.29, 0.717) is 42.0 Å². The molecule has 0 spiro atoms. The van der Waals surface area contributed by atoms with E-state index in [1.165, 1.54) is 25.7 Å². The van der Waals surface area contributed by atoms with Gasteiger partial charge in [0, 0.05) is 18.8 Å². The molecule has 32 heavy (non-hydrogen) atoms. The lowest BCUT2D eigenvalue weighted by atomic mass is 9.44. The molecule has 0 aromatic rings. The molecule has 1 N–H and O–H groups in total.